The van der Waals surface area contributed by atoms with Crippen molar-refractivity contribution < 1.29 is 13.6 Å². The highest BCUT2D eigenvalue weighted by molar-refractivity contribution is 5.94. The number of carbonyl (C=O) groups is 1. The van der Waals surface area contributed by atoms with Crippen LogP contribution in [0.2, 0.25) is 0 Å². The van der Waals surface area contributed by atoms with Crippen LogP contribution < -0.4 is 0 Å². The molecule has 2 nitrogen and oxygen atoms in total. The fourth-order valence-electron chi connectivity index (χ4n) is 1.36. The Hall–Kier alpha value is -1.45. The molecule has 1 amide bonds. The standard InChI is InChI=1S/C10H8F2NO/c11-10(12)6-13(7-10)9(14)8-4-2-1-3-5-8/h1-2,4-5H,6-7H2. The fourth-order valence-corrected chi connectivity index (χ4v) is 1.36. The number of likely N-dealkylation sites (tertiary alicyclic amines) is 1. The van der Waals surface area contributed by atoms with Crippen molar-refractivity contribution in [2.24, 2.45) is 0 Å². The summed E-state index contributed by atoms with van der Waals surface area (Å²) in [4.78, 5) is 12.6. The quantitative estimate of drug-likeness (QED) is 0.667. The predicted molar refractivity (Wildman–Crippen MR) is 46.1 cm³/mol. The van der Waals surface area contributed by atoms with Gasteiger partial charge in [0.2, 0.25) is 0 Å². The van der Waals surface area contributed by atoms with Crippen molar-refractivity contribution in [3.63, 3.8) is 0 Å². The number of hydrogen-bond acceptors (Lipinski definition) is 1. The van der Waals surface area contributed by atoms with E-state index in [-0.39, 0.29) is 5.91 Å². The van der Waals surface area contributed by atoms with Crippen LogP contribution in [0.3, 0.4) is 0 Å². The molecule has 0 bridgehead atoms. The summed E-state index contributed by atoms with van der Waals surface area (Å²) in [6.07, 6.45) is 0. The fraction of sp³-hybridized carbons (Fsp3) is 0.300. The van der Waals surface area contributed by atoms with E-state index in [4.69, 9.17) is 0 Å². The van der Waals surface area contributed by atoms with Gasteiger partial charge in [-0.15, -0.1) is 0 Å². The number of halogens is 2. The molecule has 1 saturated heterocycles. The van der Waals surface area contributed by atoms with Crippen molar-refractivity contribution in [2.75, 3.05) is 13.1 Å². The van der Waals surface area contributed by atoms with Gasteiger partial charge in [-0.25, -0.2) is 8.78 Å². The molecule has 1 aromatic rings. The summed E-state index contributed by atoms with van der Waals surface area (Å²) in [5.41, 5.74) is 0.406. The van der Waals surface area contributed by atoms with Gasteiger partial charge in [0.1, 0.15) is 0 Å². The average Bonchev–Trinajstić information content (AvgIpc) is 2.14. The Bertz CT molecular complexity index is 342. The summed E-state index contributed by atoms with van der Waals surface area (Å²) in [5, 5.41) is 0. The molecule has 0 spiro atoms. The second-order valence-corrected chi connectivity index (χ2v) is 3.31. The lowest BCUT2D eigenvalue weighted by Crippen LogP contribution is -2.58. The molecule has 2 rings (SSSR count). The Morgan fingerprint density at radius 3 is 2.71 bits per heavy atom. The van der Waals surface area contributed by atoms with Gasteiger partial charge in [0.05, 0.1) is 13.1 Å². The van der Waals surface area contributed by atoms with E-state index in [1.54, 1.807) is 18.2 Å². The first kappa shape index (κ1) is 9.12. The van der Waals surface area contributed by atoms with Gasteiger partial charge in [0.25, 0.3) is 11.8 Å². The lowest BCUT2D eigenvalue weighted by atomic mass is 10.1. The molecule has 14 heavy (non-hydrogen) atoms. The van der Waals surface area contributed by atoms with E-state index < -0.39 is 19.0 Å². The highest BCUT2D eigenvalue weighted by Crippen LogP contribution is 2.27. The van der Waals surface area contributed by atoms with E-state index in [0.29, 0.717) is 5.56 Å². The summed E-state index contributed by atoms with van der Waals surface area (Å²) < 4.78 is 24.9. The zero-order valence-electron chi connectivity index (χ0n) is 7.34. The second-order valence-electron chi connectivity index (χ2n) is 3.31. The highest BCUT2D eigenvalue weighted by Gasteiger charge is 2.46. The number of benzene rings is 1. The van der Waals surface area contributed by atoms with E-state index in [1.807, 2.05) is 0 Å². The van der Waals surface area contributed by atoms with Gasteiger partial charge >= 0.3 is 0 Å². The number of rotatable bonds is 1. The lowest BCUT2D eigenvalue weighted by Gasteiger charge is -2.38. The third kappa shape index (κ3) is 1.60. The Morgan fingerprint density at radius 2 is 2.21 bits per heavy atom. The predicted octanol–water partition coefficient (Wildman–Crippen LogP) is 1.58. The maximum absolute atomic E-state index is 12.5. The van der Waals surface area contributed by atoms with Gasteiger partial charge < -0.3 is 4.90 Å². The van der Waals surface area contributed by atoms with Crippen molar-refractivity contribution in [3.05, 3.63) is 35.9 Å². The molecule has 4 heteroatoms. The SMILES string of the molecule is O=C(c1c[c]ccc1)N1CC(F)(F)C1. The van der Waals surface area contributed by atoms with Gasteiger partial charge in [-0.05, 0) is 18.2 Å². The molecule has 0 N–H and O–H groups in total. The highest BCUT2D eigenvalue weighted by atomic mass is 19.3. The number of hydrogen-bond donors (Lipinski definition) is 0. The van der Waals surface area contributed by atoms with Crippen LogP contribution in [0.5, 0.6) is 0 Å². The van der Waals surface area contributed by atoms with Gasteiger partial charge in [0, 0.05) is 5.56 Å². The van der Waals surface area contributed by atoms with Gasteiger partial charge in [0.15, 0.2) is 0 Å². The molecule has 0 aromatic heterocycles. The molecule has 1 aromatic carbocycles. The second kappa shape index (κ2) is 3.04. The average molecular weight is 196 g/mol. The normalized spacial score (nSPS) is 18.9. The number of amides is 1. The van der Waals surface area contributed by atoms with Gasteiger partial charge in [-0.2, -0.15) is 0 Å². The summed E-state index contributed by atoms with van der Waals surface area (Å²) in [6.45, 7) is -0.943. The van der Waals surface area contributed by atoms with Crippen molar-refractivity contribution in [2.45, 2.75) is 5.92 Å². The summed E-state index contributed by atoms with van der Waals surface area (Å²) in [6, 6.07) is 9.13. The Balaban J connectivity index is 2.05. The summed E-state index contributed by atoms with van der Waals surface area (Å²) >= 11 is 0. The molecule has 1 fully saturated rings. The van der Waals surface area contributed by atoms with E-state index in [9.17, 15) is 13.6 Å². The Kier molecular flexibility index (Phi) is 1.98. The minimum atomic E-state index is -2.70. The van der Waals surface area contributed by atoms with E-state index in [2.05, 4.69) is 6.07 Å². The molecule has 0 atom stereocenters. The smallest absolute Gasteiger partial charge is 0.282 e. The minimum absolute atomic E-state index is 0.354. The van der Waals surface area contributed by atoms with Crippen molar-refractivity contribution in [1.82, 2.24) is 4.90 Å². The first-order valence-corrected chi connectivity index (χ1v) is 4.22. The number of nitrogens with zero attached hydrogens (tertiary/aromatic N) is 1. The Morgan fingerprint density at radius 1 is 1.50 bits per heavy atom. The molecule has 1 radical (unpaired) electrons. The third-order valence-corrected chi connectivity index (χ3v) is 2.09. The third-order valence-electron chi connectivity index (χ3n) is 2.09. The van der Waals surface area contributed by atoms with Crippen molar-refractivity contribution in [3.8, 4) is 0 Å². The summed E-state index contributed by atoms with van der Waals surface area (Å²) in [7, 11) is 0. The monoisotopic (exact) mass is 196 g/mol. The van der Waals surface area contributed by atoms with Crippen LogP contribution in [0.4, 0.5) is 8.78 Å². The van der Waals surface area contributed by atoms with Crippen LogP contribution in [-0.4, -0.2) is 29.8 Å². The molecule has 73 valence electrons. The summed E-state index contributed by atoms with van der Waals surface area (Å²) in [5.74, 6) is -3.05. The van der Waals surface area contributed by atoms with E-state index in [1.165, 1.54) is 6.07 Å². The molecule has 1 heterocycles. The first-order valence-electron chi connectivity index (χ1n) is 4.22. The molecular formula is C10H8F2NO. The molecule has 1 aliphatic heterocycles. The Labute approximate surface area is 80.1 Å². The van der Waals surface area contributed by atoms with Crippen molar-refractivity contribution in [1.29, 1.82) is 0 Å². The lowest BCUT2D eigenvalue weighted by molar-refractivity contribution is -0.113. The van der Waals surface area contributed by atoms with Gasteiger partial charge in [-0.1, -0.05) is 12.1 Å². The van der Waals surface area contributed by atoms with E-state index >= 15 is 0 Å². The molecule has 0 unspecified atom stereocenters. The molecule has 1 aliphatic rings. The van der Waals surface area contributed by atoms with Crippen LogP contribution in [0.25, 0.3) is 0 Å². The van der Waals surface area contributed by atoms with E-state index in [0.717, 1.165) is 4.90 Å². The minimum Gasteiger partial charge on any atom is -0.326 e. The van der Waals surface area contributed by atoms with Crippen LogP contribution in [0, 0.1) is 6.07 Å². The number of alkyl halides is 2. The maximum atomic E-state index is 12.5. The van der Waals surface area contributed by atoms with Crippen molar-refractivity contribution >= 4 is 5.91 Å². The maximum Gasteiger partial charge on any atom is 0.282 e. The van der Waals surface area contributed by atoms with Gasteiger partial charge in [-0.3, -0.25) is 4.79 Å². The zero-order chi connectivity index (χ0) is 10.2. The topological polar surface area (TPSA) is 20.3 Å². The largest absolute Gasteiger partial charge is 0.326 e. The van der Waals surface area contributed by atoms with Crippen LogP contribution in [-0.2, 0) is 0 Å². The molecule has 0 aliphatic carbocycles. The molecule has 0 saturated carbocycles. The van der Waals surface area contributed by atoms with Crippen LogP contribution >= 0.6 is 0 Å². The zero-order valence-corrected chi connectivity index (χ0v) is 7.34. The molecular weight excluding hydrogens is 188 g/mol. The van der Waals surface area contributed by atoms with Crippen LogP contribution in [0.1, 0.15) is 10.4 Å². The van der Waals surface area contributed by atoms with Crippen LogP contribution in [0.15, 0.2) is 24.3 Å². The number of carbonyl (C=O) groups excluding carboxylic acids is 1. The first-order chi connectivity index (χ1) is 6.58.